The summed E-state index contributed by atoms with van der Waals surface area (Å²) >= 11 is 0. The Morgan fingerprint density at radius 1 is 1.27 bits per heavy atom. The van der Waals surface area contributed by atoms with Crippen molar-refractivity contribution < 1.29 is 23.9 Å². The Hall–Kier alpha value is -3.36. The van der Waals surface area contributed by atoms with Gasteiger partial charge in [-0.2, -0.15) is 0 Å². The van der Waals surface area contributed by atoms with Crippen LogP contribution in [0.25, 0.3) is 10.9 Å². The first-order valence-electron chi connectivity index (χ1n) is 13.2. The molecule has 3 N–H and O–H groups in total. The van der Waals surface area contributed by atoms with Gasteiger partial charge in [-0.3, -0.25) is 19.2 Å². The minimum absolute atomic E-state index is 0.0302. The van der Waals surface area contributed by atoms with Crippen LogP contribution in [0.2, 0.25) is 0 Å². The van der Waals surface area contributed by atoms with Crippen molar-refractivity contribution in [2.75, 3.05) is 20.2 Å². The largest absolute Gasteiger partial charge is 0.496 e. The molecule has 0 radical (unpaired) electrons. The zero-order valence-corrected chi connectivity index (χ0v) is 21.9. The molecule has 3 heterocycles. The first kappa shape index (κ1) is 25.3. The van der Waals surface area contributed by atoms with Gasteiger partial charge in [0.15, 0.2) is 5.78 Å². The van der Waals surface area contributed by atoms with Gasteiger partial charge in [0.05, 0.1) is 13.2 Å². The summed E-state index contributed by atoms with van der Waals surface area (Å²) in [5.74, 6) is -0.113. The van der Waals surface area contributed by atoms with E-state index in [-0.39, 0.29) is 59.5 Å². The van der Waals surface area contributed by atoms with E-state index < -0.39 is 12.1 Å². The second-order valence-corrected chi connectivity index (χ2v) is 11.4. The molecule has 1 saturated carbocycles. The Labute approximate surface area is 216 Å². The number of amides is 3. The summed E-state index contributed by atoms with van der Waals surface area (Å²) in [5, 5.41) is 6.57. The van der Waals surface area contributed by atoms with Crippen molar-refractivity contribution in [3.8, 4) is 5.75 Å². The van der Waals surface area contributed by atoms with E-state index in [0.717, 1.165) is 17.3 Å². The fraction of sp³-hybridized carbons (Fsp3) is 0.571. The number of rotatable bonds is 8. The molecule has 2 saturated heterocycles. The van der Waals surface area contributed by atoms with Gasteiger partial charge >= 0.3 is 0 Å². The second-order valence-electron chi connectivity index (χ2n) is 11.4. The van der Waals surface area contributed by atoms with Gasteiger partial charge in [-0.15, -0.1) is 0 Å². The number of carbonyl (C=O) groups excluding carboxylic acids is 4. The van der Waals surface area contributed by atoms with Crippen LogP contribution >= 0.6 is 0 Å². The molecule has 2 aromatic rings. The Balaban J connectivity index is 1.41. The Morgan fingerprint density at radius 2 is 2.05 bits per heavy atom. The van der Waals surface area contributed by atoms with Gasteiger partial charge in [-0.25, -0.2) is 0 Å². The lowest BCUT2D eigenvalue weighted by Gasteiger charge is -2.48. The molecule has 0 bridgehead atoms. The van der Waals surface area contributed by atoms with Crippen molar-refractivity contribution in [2.24, 2.45) is 23.2 Å². The highest BCUT2D eigenvalue weighted by atomic mass is 16.5. The van der Waals surface area contributed by atoms with E-state index in [1.165, 1.54) is 0 Å². The number of ether oxygens (including phenoxy) is 1. The lowest BCUT2D eigenvalue weighted by Crippen LogP contribution is -2.55. The number of Topliss-reactive ketones (excluding diaryl/α,β-unsaturated/α-hetero) is 1. The Bertz CT molecular complexity index is 1250. The third-order valence-electron chi connectivity index (χ3n) is 8.76. The molecule has 37 heavy (non-hydrogen) atoms. The highest BCUT2D eigenvalue weighted by Gasteiger charge is 2.60. The van der Waals surface area contributed by atoms with Crippen molar-refractivity contribution >= 4 is 34.4 Å². The lowest BCUT2D eigenvalue weighted by atomic mass is 9.55. The third-order valence-corrected chi connectivity index (χ3v) is 8.76. The molecule has 3 aliphatic rings. The summed E-state index contributed by atoms with van der Waals surface area (Å²) in [6.45, 7) is 7.18. The fourth-order valence-electron chi connectivity index (χ4n) is 6.64. The second kappa shape index (κ2) is 9.50. The van der Waals surface area contributed by atoms with Gasteiger partial charge in [0, 0.05) is 36.3 Å². The Morgan fingerprint density at radius 3 is 2.70 bits per heavy atom. The van der Waals surface area contributed by atoms with E-state index in [9.17, 15) is 19.2 Å². The van der Waals surface area contributed by atoms with Crippen molar-refractivity contribution in [3.63, 3.8) is 0 Å². The van der Waals surface area contributed by atoms with E-state index >= 15 is 0 Å². The minimum Gasteiger partial charge on any atom is -0.496 e. The van der Waals surface area contributed by atoms with Crippen molar-refractivity contribution in [1.82, 2.24) is 20.5 Å². The highest BCUT2D eigenvalue weighted by Crippen LogP contribution is 2.57. The van der Waals surface area contributed by atoms with Crippen LogP contribution in [0, 0.1) is 23.2 Å². The van der Waals surface area contributed by atoms with Crippen LogP contribution in [0.15, 0.2) is 24.3 Å². The number of nitrogens with one attached hydrogen (secondary N) is 3. The molecule has 2 aliphatic heterocycles. The van der Waals surface area contributed by atoms with Crippen molar-refractivity contribution in [1.29, 1.82) is 0 Å². The van der Waals surface area contributed by atoms with Gasteiger partial charge in [-0.05, 0) is 54.7 Å². The lowest BCUT2D eigenvalue weighted by molar-refractivity contribution is -0.133. The van der Waals surface area contributed by atoms with E-state index in [4.69, 9.17) is 4.74 Å². The fourth-order valence-corrected chi connectivity index (χ4v) is 6.64. The molecule has 9 heteroatoms. The standard InChI is InChI=1S/C28H36N4O5/c1-5-22(33)20(11-15-9-10-29-25(15)34)31-26(35)24-17-13-28(2,3)18(17)14-32(24)27(36)21-12-16-19(30-21)7-6-8-23(16)37-4/h6-8,12,15,17-18,20,24,30H,5,9-11,13-14H2,1-4H3,(H,29,34)(H,31,35). The molecule has 198 valence electrons. The number of aromatic nitrogens is 1. The van der Waals surface area contributed by atoms with Crippen molar-refractivity contribution in [2.45, 2.75) is 58.5 Å². The molecule has 1 aliphatic carbocycles. The summed E-state index contributed by atoms with van der Waals surface area (Å²) in [4.78, 5) is 57.4. The number of carbonyl (C=O) groups is 4. The van der Waals surface area contributed by atoms with Crippen LogP contribution in [-0.2, 0) is 14.4 Å². The number of hydrogen-bond acceptors (Lipinski definition) is 5. The number of ketones is 1. The quantitative estimate of drug-likeness (QED) is 0.506. The van der Waals surface area contributed by atoms with E-state index in [1.807, 2.05) is 18.2 Å². The molecule has 5 rings (SSSR count). The SMILES string of the molecule is CCC(=O)C(CC1CCNC1=O)NC(=O)C1C2CC(C)(C)C2CN1C(=O)c1cc2c(OC)cccc2[nH]1. The van der Waals surface area contributed by atoms with E-state index in [1.54, 1.807) is 25.0 Å². The number of aromatic amines is 1. The topological polar surface area (TPSA) is 121 Å². The summed E-state index contributed by atoms with van der Waals surface area (Å²) < 4.78 is 5.45. The van der Waals surface area contributed by atoms with Gasteiger partial charge in [0.1, 0.15) is 17.5 Å². The van der Waals surface area contributed by atoms with E-state index in [2.05, 4.69) is 29.5 Å². The van der Waals surface area contributed by atoms with Crippen LogP contribution in [0.5, 0.6) is 5.75 Å². The molecule has 1 aromatic heterocycles. The monoisotopic (exact) mass is 508 g/mol. The third kappa shape index (κ3) is 4.38. The molecule has 3 fully saturated rings. The zero-order valence-electron chi connectivity index (χ0n) is 21.9. The summed E-state index contributed by atoms with van der Waals surface area (Å²) in [6, 6.07) is 5.95. The smallest absolute Gasteiger partial charge is 0.271 e. The minimum atomic E-state index is -0.743. The molecule has 0 spiro atoms. The number of H-pyrrole nitrogens is 1. The van der Waals surface area contributed by atoms with Crippen molar-refractivity contribution in [3.05, 3.63) is 30.0 Å². The summed E-state index contributed by atoms with van der Waals surface area (Å²) in [7, 11) is 1.59. The molecule has 9 nitrogen and oxygen atoms in total. The first-order chi connectivity index (χ1) is 17.6. The predicted octanol–water partition coefficient (Wildman–Crippen LogP) is 2.65. The molecule has 5 unspecified atom stereocenters. The average molecular weight is 509 g/mol. The number of likely N-dealkylation sites (tertiary alicyclic amines) is 1. The molecular weight excluding hydrogens is 472 g/mol. The number of nitrogens with zero attached hydrogens (tertiary/aromatic N) is 1. The maximum Gasteiger partial charge on any atom is 0.271 e. The van der Waals surface area contributed by atoms with Gasteiger partial charge in [0.2, 0.25) is 11.8 Å². The number of hydrogen-bond donors (Lipinski definition) is 3. The Kier molecular flexibility index (Phi) is 6.50. The maximum absolute atomic E-state index is 13.8. The first-order valence-corrected chi connectivity index (χ1v) is 13.2. The molecule has 1 aromatic carbocycles. The van der Waals surface area contributed by atoms with Crippen LogP contribution in [0.1, 0.15) is 56.9 Å². The van der Waals surface area contributed by atoms with Crippen LogP contribution in [0.3, 0.4) is 0 Å². The number of benzene rings is 1. The predicted molar refractivity (Wildman–Crippen MR) is 138 cm³/mol. The van der Waals surface area contributed by atoms with Crippen LogP contribution in [-0.4, -0.2) is 65.7 Å². The number of fused-ring (bicyclic) bond motifs is 2. The molecular formula is C28H36N4O5. The molecule has 3 amide bonds. The normalized spacial score (nSPS) is 26.8. The van der Waals surface area contributed by atoms with Crippen LogP contribution < -0.4 is 15.4 Å². The summed E-state index contributed by atoms with van der Waals surface area (Å²) in [5.41, 5.74) is 1.22. The van der Waals surface area contributed by atoms with Gasteiger partial charge in [0.25, 0.3) is 5.91 Å². The highest BCUT2D eigenvalue weighted by molar-refractivity contribution is 6.02. The van der Waals surface area contributed by atoms with Gasteiger partial charge < -0.3 is 25.3 Å². The number of methoxy groups -OCH3 is 1. The van der Waals surface area contributed by atoms with Crippen LogP contribution in [0.4, 0.5) is 0 Å². The van der Waals surface area contributed by atoms with E-state index in [0.29, 0.717) is 31.0 Å². The average Bonchev–Trinajstić information content (AvgIpc) is 3.58. The summed E-state index contributed by atoms with van der Waals surface area (Å²) in [6.07, 6.45) is 2.03. The maximum atomic E-state index is 13.8. The van der Waals surface area contributed by atoms with Gasteiger partial charge in [-0.1, -0.05) is 26.8 Å². The zero-order chi connectivity index (χ0) is 26.5. The molecule has 5 atom stereocenters.